The van der Waals surface area contributed by atoms with E-state index >= 15 is 0 Å². The molecule has 2 fully saturated rings. The monoisotopic (exact) mass is 620 g/mol. The number of urea groups is 1. The van der Waals surface area contributed by atoms with Gasteiger partial charge in [0.2, 0.25) is 0 Å². The lowest BCUT2D eigenvalue weighted by molar-refractivity contribution is -0.137. The van der Waals surface area contributed by atoms with Crippen molar-refractivity contribution in [1.29, 1.82) is 0 Å². The Kier molecular flexibility index (Phi) is 9.59. The van der Waals surface area contributed by atoms with E-state index < -0.39 is 16.1 Å². The summed E-state index contributed by atoms with van der Waals surface area (Å²) in [6.45, 7) is 3.74. The van der Waals surface area contributed by atoms with E-state index in [9.17, 15) is 18.0 Å². The van der Waals surface area contributed by atoms with Crippen molar-refractivity contribution in [1.82, 2.24) is 10.6 Å². The first-order chi connectivity index (χ1) is 20.7. The third-order valence-corrected chi connectivity index (χ3v) is 10.7. The lowest BCUT2D eigenvalue weighted by Crippen LogP contribution is -2.36. The molecule has 3 atom stereocenters. The number of nitrogens with one attached hydrogen (secondary N) is 2. The number of benzene rings is 4. The molecule has 10 heteroatoms. The van der Waals surface area contributed by atoms with Crippen LogP contribution in [-0.4, -0.2) is 55.2 Å². The SMILES string of the molecule is CCOS(=O)(=O)c1ccc(C)cc1-c1cccc2cc3ccccc3cc12.O=C(O)CCCC[C@@H]1SC[C@@H]2NC(=O)N[C@@H]21. The minimum Gasteiger partial charge on any atom is -0.481 e. The number of carboxylic acids is 1. The molecule has 2 aliphatic rings. The summed E-state index contributed by atoms with van der Waals surface area (Å²) in [7, 11) is -3.82. The van der Waals surface area contributed by atoms with Crippen LogP contribution < -0.4 is 10.6 Å². The van der Waals surface area contributed by atoms with Gasteiger partial charge in [-0.1, -0.05) is 66.6 Å². The van der Waals surface area contributed by atoms with Crippen molar-refractivity contribution in [2.75, 3.05) is 12.4 Å². The molecule has 2 saturated heterocycles. The second-order valence-electron chi connectivity index (χ2n) is 10.8. The number of rotatable bonds is 9. The Bertz CT molecular complexity index is 1760. The molecule has 226 valence electrons. The van der Waals surface area contributed by atoms with Crippen molar-refractivity contribution in [2.45, 2.75) is 61.8 Å². The van der Waals surface area contributed by atoms with Crippen molar-refractivity contribution >= 4 is 55.4 Å². The molecule has 0 unspecified atom stereocenters. The van der Waals surface area contributed by atoms with Gasteiger partial charge < -0.3 is 15.7 Å². The summed E-state index contributed by atoms with van der Waals surface area (Å²) in [4.78, 5) is 21.7. The number of aliphatic carboxylic acids is 1. The summed E-state index contributed by atoms with van der Waals surface area (Å²) in [5, 5.41) is 19.2. The van der Waals surface area contributed by atoms with Crippen LogP contribution in [0.15, 0.2) is 77.7 Å². The Labute approximate surface area is 256 Å². The van der Waals surface area contributed by atoms with Gasteiger partial charge >= 0.3 is 12.0 Å². The van der Waals surface area contributed by atoms with Crippen LogP contribution in [0.2, 0.25) is 0 Å². The predicted octanol–water partition coefficient (Wildman–Crippen LogP) is 6.49. The highest BCUT2D eigenvalue weighted by atomic mass is 32.2. The van der Waals surface area contributed by atoms with Crippen molar-refractivity contribution < 1.29 is 27.3 Å². The minimum atomic E-state index is -3.82. The zero-order chi connectivity index (χ0) is 30.6. The van der Waals surface area contributed by atoms with Crippen LogP contribution in [-0.2, 0) is 19.1 Å². The average Bonchev–Trinajstić information content (AvgIpc) is 3.53. The van der Waals surface area contributed by atoms with Crippen LogP contribution in [0.4, 0.5) is 4.79 Å². The molecule has 0 bridgehead atoms. The molecule has 2 aliphatic heterocycles. The summed E-state index contributed by atoms with van der Waals surface area (Å²) >= 11 is 1.87. The number of aryl methyl sites for hydroxylation is 1. The van der Waals surface area contributed by atoms with Crippen LogP contribution in [0.5, 0.6) is 0 Å². The zero-order valence-electron chi connectivity index (χ0n) is 24.2. The Hall–Kier alpha value is -3.60. The largest absolute Gasteiger partial charge is 0.481 e. The number of carboxylic acid groups (broad SMARTS) is 1. The van der Waals surface area contributed by atoms with Crippen LogP contribution in [0.1, 0.15) is 38.2 Å². The zero-order valence-corrected chi connectivity index (χ0v) is 25.8. The number of carbonyl (C=O) groups is 2. The number of amides is 2. The number of thioether (sulfide) groups is 1. The van der Waals surface area contributed by atoms with E-state index in [0.29, 0.717) is 10.8 Å². The van der Waals surface area contributed by atoms with E-state index in [1.165, 1.54) is 0 Å². The van der Waals surface area contributed by atoms with Crippen molar-refractivity contribution in [3.63, 3.8) is 0 Å². The molecular weight excluding hydrogens is 585 g/mol. The maximum Gasteiger partial charge on any atom is 0.315 e. The highest BCUT2D eigenvalue weighted by molar-refractivity contribution is 8.00. The molecule has 0 saturated carbocycles. The van der Waals surface area contributed by atoms with Crippen molar-refractivity contribution in [3.8, 4) is 11.1 Å². The average molecular weight is 621 g/mol. The van der Waals surface area contributed by atoms with Gasteiger partial charge in [-0.05, 0) is 72.0 Å². The quantitative estimate of drug-likeness (QED) is 0.0846. The molecule has 4 aromatic rings. The lowest BCUT2D eigenvalue weighted by Gasteiger charge is -2.16. The fourth-order valence-corrected chi connectivity index (χ4v) is 8.41. The molecule has 43 heavy (non-hydrogen) atoms. The Morgan fingerprint density at radius 3 is 2.44 bits per heavy atom. The van der Waals surface area contributed by atoms with Gasteiger partial charge in [0.05, 0.1) is 18.7 Å². The third-order valence-electron chi connectivity index (χ3n) is 7.78. The minimum absolute atomic E-state index is 0.0640. The maximum absolute atomic E-state index is 12.7. The van der Waals surface area contributed by atoms with E-state index in [0.717, 1.165) is 57.7 Å². The van der Waals surface area contributed by atoms with Crippen LogP contribution >= 0.6 is 11.8 Å². The van der Waals surface area contributed by atoms with E-state index in [-0.39, 0.29) is 36.0 Å². The fraction of sp³-hybridized carbons (Fsp3) is 0.333. The standard InChI is InChI=1S/C23H20O3S.C10H16N2O3S/c1-3-26-27(24,25)23-12-11-16(2)13-22(23)20-10-6-9-19-14-17-7-4-5-8-18(17)15-21(19)20;13-8(14)4-2-1-3-7-9-6(5-16-7)11-10(15)12-9/h4-15H,3H2,1-2H3;6-7,9H,1-5H2,(H,13,14)(H2,11,12,15)/t;6-,7-,9-/m.0/s1. The number of fused-ring (bicyclic) bond motifs is 3. The molecule has 0 spiro atoms. The highest BCUT2D eigenvalue weighted by Crippen LogP contribution is 2.36. The third kappa shape index (κ3) is 7.14. The first kappa shape index (κ1) is 30.8. The highest BCUT2D eigenvalue weighted by Gasteiger charge is 2.42. The number of hydrogen-bond donors (Lipinski definition) is 3. The second kappa shape index (κ2) is 13.4. The molecule has 0 radical (unpaired) electrons. The van der Waals surface area contributed by atoms with Crippen molar-refractivity contribution in [3.05, 3.63) is 78.4 Å². The predicted molar refractivity (Wildman–Crippen MR) is 172 cm³/mol. The van der Waals surface area contributed by atoms with Gasteiger partial charge in [0.15, 0.2) is 0 Å². The molecule has 2 amide bonds. The molecule has 2 heterocycles. The Morgan fingerprint density at radius 2 is 1.70 bits per heavy atom. The van der Waals surface area contributed by atoms with Crippen molar-refractivity contribution in [2.24, 2.45) is 0 Å². The fourth-order valence-electron chi connectivity index (χ4n) is 5.76. The first-order valence-electron chi connectivity index (χ1n) is 14.5. The normalized spacial score (nSPS) is 19.4. The number of hydrogen-bond acceptors (Lipinski definition) is 6. The van der Waals surface area contributed by atoms with Gasteiger partial charge in [-0.3, -0.25) is 8.98 Å². The van der Waals surface area contributed by atoms with E-state index in [4.69, 9.17) is 9.29 Å². The van der Waals surface area contributed by atoms with Gasteiger partial charge in [-0.25, -0.2) is 4.79 Å². The summed E-state index contributed by atoms with van der Waals surface area (Å²) in [5.74, 6) is 0.236. The van der Waals surface area contributed by atoms with Gasteiger partial charge in [0.1, 0.15) is 4.90 Å². The van der Waals surface area contributed by atoms with Gasteiger partial charge in [0, 0.05) is 23.0 Å². The maximum atomic E-state index is 12.7. The first-order valence-corrected chi connectivity index (χ1v) is 16.9. The van der Waals surface area contributed by atoms with Crippen LogP contribution in [0.3, 0.4) is 0 Å². The Morgan fingerprint density at radius 1 is 0.953 bits per heavy atom. The summed E-state index contributed by atoms with van der Waals surface area (Å²) < 4.78 is 30.4. The number of carbonyl (C=O) groups excluding carboxylic acids is 1. The molecule has 8 nitrogen and oxygen atoms in total. The van der Waals surface area contributed by atoms with E-state index in [1.807, 2.05) is 49.0 Å². The summed E-state index contributed by atoms with van der Waals surface area (Å²) in [6, 6.07) is 24.2. The van der Waals surface area contributed by atoms with E-state index in [2.05, 4.69) is 41.0 Å². The van der Waals surface area contributed by atoms with Gasteiger partial charge in [0.25, 0.3) is 10.1 Å². The molecule has 0 aromatic heterocycles. The molecule has 3 N–H and O–H groups in total. The molecular formula is C33H36N2O6S2. The second-order valence-corrected chi connectivity index (χ2v) is 13.7. The van der Waals surface area contributed by atoms with Crippen LogP contribution in [0.25, 0.3) is 32.7 Å². The topological polar surface area (TPSA) is 122 Å². The Balaban J connectivity index is 0.000000196. The number of unbranched alkanes of at least 4 members (excludes halogenated alkanes) is 1. The molecule has 4 aromatic carbocycles. The molecule has 6 rings (SSSR count). The lowest BCUT2D eigenvalue weighted by atomic mass is 9.95. The van der Waals surface area contributed by atoms with Gasteiger partial charge in [-0.15, -0.1) is 0 Å². The van der Waals surface area contributed by atoms with E-state index in [1.54, 1.807) is 19.1 Å². The molecule has 0 aliphatic carbocycles. The summed E-state index contributed by atoms with van der Waals surface area (Å²) in [5.41, 5.74) is 2.56. The van der Waals surface area contributed by atoms with Crippen LogP contribution in [0, 0.1) is 6.92 Å². The van der Waals surface area contributed by atoms with Gasteiger partial charge in [-0.2, -0.15) is 20.2 Å². The summed E-state index contributed by atoms with van der Waals surface area (Å²) in [6.07, 6.45) is 2.88. The smallest absolute Gasteiger partial charge is 0.315 e.